The number of carbonyl (C=O) groups is 1. The van der Waals surface area contributed by atoms with Crippen LogP contribution in [0.25, 0.3) is 0 Å². The standard InChI is InChI=1S/C12H14NO2/c1-10-4-2-3-5-11(10)12(14)13-6-8-15-9-7-13/h3-5H,6-9H2,1H3. The topological polar surface area (TPSA) is 29.5 Å². The lowest BCUT2D eigenvalue weighted by atomic mass is 10.1. The zero-order valence-corrected chi connectivity index (χ0v) is 8.82. The lowest BCUT2D eigenvalue weighted by Crippen LogP contribution is -2.40. The van der Waals surface area contributed by atoms with Crippen LogP contribution in [0.5, 0.6) is 0 Å². The molecule has 0 aromatic heterocycles. The summed E-state index contributed by atoms with van der Waals surface area (Å²) in [6, 6.07) is 8.41. The normalized spacial score (nSPS) is 16.5. The van der Waals surface area contributed by atoms with Gasteiger partial charge in [-0.05, 0) is 24.6 Å². The van der Waals surface area contributed by atoms with E-state index in [1.807, 2.05) is 24.0 Å². The van der Waals surface area contributed by atoms with Crippen molar-refractivity contribution in [1.29, 1.82) is 0 Å². The lowest BCUT2D eigenvalue weighted by Gasteiger charge is -2.27. The van der Waals surface area contributed by atoms with Crippen molar-refractivity contribution < 1.29 is 9.53 Å². The van der Waals surface area contributed by atoms with Crippen molar-refractivity contribution in [3.63, 3.8) is 0 Å². The Hall–Kier alpha value is -1.35. The van der Waals surface area contributed by atoms with Gasteiger partial charge in [0, 0.05) is 18.7 Å². The summed E-state index contributed by atoms with van der Waals surface area (Å²) >= 11 is 0. The molecule has 1 aliphatic heterocycles. The number of amides is 1. The first kappa shape index (κ1) is 10.2. The zero-order chi connectivity index (χ0) is 10.7. The van der Waals surface area contributed by atoms with Gasteiger partial charge in [0.05, 0.1) is 13.2 Å². The molecule has 1 radical (unpaired) electrons. The van der Waals surface area contributed by atoms with Crippen LogP contribution in [0.4, 0.5) is 0 Å². The third kappa shape index (κ3) is 2.18. The van der Waals surface area contributed by atoms with Crippen LogP contribution in [0.15, 0.2) is 18.2 Å². The van der Waals surface area contributed by atoms with Crippen molar-refractivity contribution in [2.75, 3.05) is 26.3 Å². The molecule has 79 valence electrons. The van der Waals surface area contributed by atoms with Crippen LogP contribution in [0.1, 0.15) is 15.9 Å². The van der Waals surface area contributed by atoms with Gasteiger partial charge in [-0.2, -0.15) is 0 Å². The highest BCUT2D eigenvalue weighted by molar-refractivity contribution is 5.95. The Balaban J connectivity index is 2.16. The highest BCUT2D eigenvalue weighted by atomic mass is 16.5. The average Bonchev–Trinajstić information content (AvgIpc) is 2.30. The maximum atomic E-state index is 12.1. The van der Waals surface area contributed by atoms with Crippen LogP contribution in [0, 0.1) is 13.0 Å². The Labute approximate surface area is 89.7 Å². The Morgan fingerprint density at radius 1 is 1.47 bits per heavy atom. The average molecular weight is 204 g/mol. The summed E-state index contributed by atoms with van der Waals surface area (Å²) in [7, 11) is 0. The van der Waals surface area contributed by atoms with Crippen LogP contribution in [-0.4, -0.2) is 37.1 Å². The van der Waals surface area contributed by atoms with Crippen molar-refractivity contribution in [2.45, 2.75) is 6.92 Å². The molecule has 0 spiro atoms. The largest absolute Gasteiger partial charge is 0.378 e. The van der Waals surface area contributed by atoms with Crippen molar-refractivity contribution in [1.82, 2.24) is 4.90 Å². The summed E-state index contributed by atoms with van der Waals surface area (Å²) in [5.41, 5.74) is 1.75. The molecule has 1 saturated heterocycles. The summed E-state index contributed by atoms with van der Waals surface area (Å²) in [4.78, 5) is 13.9. The maximum absolute atomic E-state index is 12.1. The third-order valence-corrected chi connectivity index (χ3v) is 2.60. The van der Waals surface area contributed by atoms with E-state index < -0.39 is 0 Å². The molecule has 2 rings (SSSR count). The van der Waals surface area contributed by atoms with Gasteiger partial charge in [0.1, 0.15) is 0 Å². The Morgan fingerprint density at radius 3 is 2.87 bits per heavy atom. The fourth-order valence-corrected chi connectivity index (χ4v) is 1.69. The minimum Gasteiger partial charge on any atom is -0.378 e. The molecule has 1 fully saturated rings. The second-order valence-corrected chi connectivity index (χ2v) is 3.65. The molecule has 15 heavy (non-hydrogen) atoms. The predicted molar refractivity (Wildman–Crippen MR) is 56.7 cm³/mol. The molecule has 0 unspecified atom stereocenters. The second kappa shape index (κ2) is 4.45. The van der Waals surface area contributed by atoms with Gasteiger partial charge in [-0.1, -0.05) is 12.1 Å². The van der Waals surface area contributed by atoms with Gasteiger partial charge in [0.2, 0.25) is 0 Å². The molecule has 0 bridgehead atoms. The molecular formula is C12H14NO2. The molecule has 1 aromatic rings. The zero-order valence-electron chi connectivity index (χ0n) is 8.82. The molecule has 1 heterocycles. The number of aryl methyl sites for hydroxylation is 1. The molecule has 0 N–H and O–H groups in total. The van der Waals surface area contributed by atoms with E-state index in [1.54, 1.807) is 6.07 Å². The third-order valence-electron chi connectivity index (χ3n) is 2.60. The summed E-state index contributed by atoms with van der Waals surface area (Å²) in [5, 5.41) is 0. The van der Waals surface area contributed by atoms with E-state index in [-0.39, 0.29) is 5.91 Å². The minimum atomic E-state index is 0.102. The molecule has 1 amide bonds. The number of hydrogen-bond acceptors (Lipinski definition) is 2. The van der Waals surface area contributed by atoms with E-state index in [0.29, 0.717) is 26.3 Å². The monoisotopic (exact) mass is 204 g/mol. The fraction of sp³-hybridized carbons (Fsp3) is 0.417. The Kier molecular flexibility index (Phi) is 3.02. The van der Waals surface area contributed by atoms with Crippen LogP contribution < -0.4 is 0 Å². The number of hydrogen-bond donors (Lipinski definition) is 0. The van der Waals surface area contributed by atoms with Crippen molar-refractivity contribution in [2.24, 2.45) is 0 Å². The van der Waals surface area contributed by atoms with Gasteiger partial charge >= 0.3 is 0 Å². The molecule has 1 aromatic carbocycles. The first-order chi connectivity index (χ1) is 7.29. The van der Waals surface area contributed by atoms with E-state index in [1.165, 1.54) is 0 Å². The number of rotatable bonds is 1. The second-order valence-electron chi connectivity index (χ2n) is 3.65. The first-order valence-electron chi connectivity index (χ1n) is 5.13. The summed E-state index contributed by atoms with van der Waals surface area (Å²) in [6.45, 7) is 4.60. The van der Waals surface area contributed by atoms with E-state index >= 15 is 0 Å². The van der Waals surface area contributed by atoms with E-state index in [0.717, 1.165) is 11.1 Å². The van der Waals surface area contributed by atoms with Crippen LogP contribution in [-0.2, 0) is 4.74 Å². The highest BCUT2D eigenvalue weighted by Gasteiger charge is 2.19. The van der Waals surface area contributed by atoms with Crippen LogP contribution in [0.3, 0.4) is 0 Å². The van der Waals surface area contributed by atoms with Gasteiger partial charge < -0.3 is 9.64 Å². The molecule has 3 heteroatoms. The molecule has 0 aliphatic carbocycles. The highest BCUT2D eigenvalue weighted by Crippen LogP contribution is 2.11. The summed E-state index contributed by atoms with van der Waals surface area (Å²) < 4.78 is 5.22. The number of nitrogens with zero attached hydrogens (tertiary/aromatic N) is 1. The van der Waals surface area contributed by atoms with Crippen molar-refractivity contribution in [3.8, 4) is 0 Å². The molecule has 1 aliphatic rings. The minimum absolute atomic E-state index is 0.102. The Bertz CT molecular complexity index is 356. The van der Waals surface area contributed by atoms with E-state index in [4.69, 9.17) is 4.74 Å². The number of morpholine rings is 1. The molecule has 0 saturated carbocycles. The van der Waals surface area contributed by atoms with Gasteiger partial charge in [-0.15, -0.1) is 0 Å². The smallest absolute Gasteiger partial charge is 0.254 e. The van der Waals surface area contributed by atoms with Gasteiger partial charge in [-0.3, -0.25) is 4.79 Å². The van der Waals surface area contributed by atoms with Gasteiger partial charge in [0.25, 0.3) is 5.91 Å². The van der Waals surface area contributed by atoms with Crippen LogP contribution >= 0.6 is 0 Å². The van der Waals surface area contributed by atoms with Gasteiger partial charge in [0.15, 0.2) is 0 Å². The lowest BCUT2D eigenvalue weighted by molar-refractivity contribution is 0.0302. The number of carbonyl (C=O) groups excluding carboxylic acids is 1. The number of benzene rings is 1. The predicted octanol–water partition coefficient (Wildman–Crippen LogP) is 1.27. The summed E-state index contributed by atoms with van der Waals surface area (Å²) in [6.07, 6.45) is 0. The fourth-order valence-electron chi connectivity index (χ4n) is 1.69. The van der Waals surface area contributed by atoms with E-state index in [2.05, 4.69) is 6.07 Å². The van der Waals surface area contributed by atoms with E-state index in [9.17, 15) is 4.79 Å². The quantitative estimate of drug-likeness (QED) is 0.689. The Morgan fingerprint density at radius 2 is 2.20 bits per heavy atom. The van der Waals surface area contributed by atoms with Crippen molar-refractivity contribution in [3.05, 3.63) is 35.4 Å². The molecule has 0 atom stereocenters. The van der Waals surface area contributed by atoms with Crippen molar-refractivity contribution >= 4 is 5.91 Å². The summed E-state index contributed by atoms with van der Waals surface area (Å²) in [5.74, 6) is 0.102. The first-order valence-corrected chi connectivity index (χ1v) is 5.13. The maximum Gasteiger partial charge on any atom is 0.254 e. The SMILES string of the molecule is Cc1c[c]ccc1C(=O)N1CCOCC1. The van der Waals surface area contributed by atoms with Crippen LogP contribution in [0.2, 0.25) is 0 Å². The van der Waals surface area contributed by atoms with Gasteiger partial charge in [-0.25, -0.2) is 0 Å². The molecule has 3 nitrogen and oxygen atoms in total. The number of ether oxygens (including phenoxy) is 1. The molecular weight excluding hydrogens is 190 g/mol.